The highest BCUT2D eigenvalue weighted by molar-refractivity contribution is 7.89. The molecule has 0 saturated heterocycles. The molecule has 0 aliphatic carbocycles. The van der Waals surface area contributed by atoms with Gasteiger partial charge in [0.2, 0.25) is 10.0 Å². The van der Waals surface area contributed by atoms with Crippen LogP contribution in [0.4, 0.5) is 5.69 Å². The van der Waals surface area contributed by atoms with Crippen molar-refractivity contribution < 1.29 is 22.7 Å². The number of carbonyl (C=O) groups excluding carboxylic acids is 1. The topological polar surface area (TPSA) is 111 Å². The fraction of sp³-hybridized carbons (Fsp3) is 0.304. The van der Waals surface area contributed by atoms with Gasteiger partial charge in [0.1, 0.15) is 0 Å². The molecule has 32 heavy (non-hydrogen) atoms. The van der Waals surface area contributed by atoms with Gasteiger partial charge in [-0.3, -0.25) is 4.79 Å². The zero-order valence-corrected chi connectivity index (χ0v) is 19.2. The van der Waals surface area contributed by atoms with Crippen LogP contribution in [0.1, 0.15) is 39.2 Å². The minimum atomic E-state index is -3.81. The van der Waals surface area contributed by atoms with E-state index in [2.05, 4.69) is 12.0 Å². The molecule has 2 aromatic carbocycles. The van der Waals surface area contributed by atoms with Crippen LogP contribution in [-0.4, -0.2) is 33.3 Å². The van der Waals surface area contributed by atoms with E-state index in [0.29, 0.717) is 41.7 Å². The fourth-order valence-corrected chi connectivity index (χ4v) is 3.65. The molecule has 8 nitrogen and oxygen atoms in total. The van der Waals surface area contributed by atoms with E-state index in [4.69, 9.17) is 14.6 Å². The van der Waals surface area contributed by atoms with Crippen molar-refractivity contribution in [3.63, 3.8) is 0 Å². The van der Waals surface area contributed by atoms with Crippen LogP contribution in [0.15, 0.2) is 58.0 Å². The van der Waals surface area contributed by atoms with Crippen molar-refractivity contribution in [3.8, 4) is 11.5 Å². The van der Waals surface area contributed by atoms with Crippen molar-refractivity contribution in [1.82, 2.24) is 0 Å². The summed E-state index contributed by atoms with van der Waals surface area (Å²) in [5, 5.41) is 10.7. The zero-order valence-electron chi connectivity index (χ0n) is 18.4. The Balaban J connectivity index is 1.85. The summed E-state index contributed by atoms with van der Waals surface area (Å²) in [4.78, 5) is 13.0. The minimum Gasteiger partial charge on any atom is -0.490 e. The number of anilines is 1. The first-order valence-corrected chi connectivity index (χ1v) is 11.9. The second-order valence-corrected chi connectivity index (χ2v) is 8.80. The summed E-state index contributed by atoms with van der Waals surface area (Å²) in [6, 6.07) is 11.2. The number of primary sulfonamides is 1. The van der Waals surface area contributed by atoms with Gasteiger partial charge in [-0.15, -0.1) is 0 Å². The maximum atomic E-state index is 13.0. The largest absolute Gasteiger partial charge is 0.490 e. The number of nitrogens with zero attached hydrogens (tertiary/aromatic N) is 2. The number of benzene rings is 2. The average molecular weight is 458 g/mol. The number of hydrazone groups is 1. The average Bonchev–Trinajstić information content (AvgIpc) is 3.03. The van der Waals surface area contributed by atoms with E-state index in [9.17, 15) is 13.2 Å². The third-order valence-electron chi connectivity index (χ3n) is 4.81. The van der Waals surface area contributed by atoms with Gasteiger partial charge in [0.25, 0.3) is 5.91 Å². The molecule has 0 spiro atoms. The van der Waals surface area contributed by atoms with E-state index in [1.807, 2.05) is 25.1 Å². The van der Waals surface area contributed by atoms with Crippen molar-refractivity contribution in [2.24, 2.45) is 10.2 Å². The summed E-state index contributed by atoms with van der Waals surface area (Å²) in [6.45, 7) is 6.85. The SMILES string of the molecule is CCCCOc1ccc(/C=C2\C(=O)N(c3ccc(S(N)(=O)=O)cc3)N=C2C)cc1OCC. The van der Waals surface area contributed by atoms with E-state index >= 15 is 0 Å². The first kappa shape index (κ1) is 23.5. The lowest BCUT2D eigenvalue weighted by molar-refractivity contribution is -0.114. The van der Waals surface area contributed by atoms with Gasteiger partial charge in [-0.2, -0.15) is 10.1 Å². The molecule has 1 aliphatic rings. The molecule has 2 N–H and O–H groups in total. The molecule has 1 aliphatic heterocycles. The molecule has 0 atom stereocenters. The van der Waals surface area contributed by atoms with Gasteiger partial charge in [-0.05, 0) is 68.3 Å². The van der Waals surface area contributed by atoms with Gasteiger partial charge in [-0.1, -0.05) is 19.4 Å². The van der Waals surface area contributed by atoms with Crippen LogP contribution < -0.4 is 19.6 Å². The van der Waals surface area contributed by atoms with Crippen LogP contribution in [0.5, 0.6) is 11.5 Å². The van der Waals surface area contributed by atoms with Crippen molar-refractivity contribution in [2.45, 2.75) is 38.5 Å². The van der Waals surface area contributed by atoms with Crippen molar-refractivity contribution in [2.75, 3.05) is 18.2 Å². The normalized spacial score (nSPS) is 15.2. The smallest absolute Gasteiger partial charge is 0.280 e. The molecule has 0 radical (unpaired) electrons. The van der Waals surface area contributed by atoms with E-state index < -0.39 is 10.0 Å². The third-order valence-corrected chi connectivity index (χ3v) is 5.74. The van der Waals surface area contributed by atoms with Gasteiger partial charge in [0.05, 0.1) is 35.1 Å². The number of hydrogen-bond acceptors (Lipinski definition) is 6. The second kappa shape index (κ2) is 9.97. The van der Waals surface area contributed by atoms with E-state index in [1.54, 1.807) is 13.0 Å². The molecule has 2 aromatic rings. The van der Waals surface area contributed by atoms with Crippen LogP contribution in [0.25, 0.3) is 6.08 Å². The molecule has 0 saturated carbocycles. The zero-order chi connectivity index (χ0) is 23.3. The van der Waals surface area contributed by atoms with E-state index in [1.165, 1.54) is 29.3 Å². The number of ether oxygens (including phenoxy) is 2. The Labute approximate surface area is 188 Å². The van der Waals surface area contributed by atoms with Gasteiger partial charge in [-0.25, -0.2) is 13.6 Å². The molecule has 1 heterocycles. The molecular formula is C23H27N3O5S. The number of hydrogen-bond donors (Lipinski definition) is 1. The van der Waals surface area contributed by atoms with Crippen molar-refractivity contribution >= 4 is 33.4 Å². The summed E-state index contributed by atoms with van der Waals surface area (Å²) in [5.41, 5.74) is 2.20. The fourth-order valence-electron chi connectivity index (χ4n) is 3.13. The monoisotopic (exact) mass is 457 g/mol. The number of nitrogens with two attached hydrogens (primary N) is 1. The van der Waals surface area contributed by atoms with Gasteiger partial charge < -0.3 is 9.47 Å². The molecule has 1 amide bonds. The molecule has 170 valence electrons. The van der Waals surface area contributed by atoms with E-state index in [-0.39, 0.29) is 10.8 Å². The molecule has 0 unspecified atom stereocenters. The lowest BCUT2D eigenvalue weighted by atomic mass is 10.1. The number of amides is 1. The third kappa shape index (κ3) is 5.35. The van der Waals surface area contributed by atoms with Crippen LogP contribution in [-0.2, 0) is 14.8 Å². The first-order valence-electron chi connectivity index (χ1n) is 10.4. The van der Waals surface area contributed by atoms with Crippen LogP contribution in [0.2, 0.25) is 0 Å². The van der Waals surface area contributed by atoms with Crippen LogP contribution in [0, 0.1) is 0 Å². The second-order valence-electron chi connectivity index (χ2n) is 7.24. The van der Waals surface area contributed by atoms with Gasteiger partial charge >= 0.3 is 0 Å². The quantitative estimate of drug-likeness (QED) is 0.456. The van der Waals surface area contributed by atoms with Gasteiger partial charge in [0, 0.05) is 0 Å². The highest BCUT2D eigenvalue weighted by Crippen LogP contribution is 2.31. The Morgan fingerprint density at radius 2 is 1.78 bits per heavy atom. The maximum absolute atomic E-state index is 13.0. The number of unbranched alkanes of at least 4 members (excludes halogenated alkanes) is 1. The highest BCUT2D eigenvalue weighted by Gasteiger charge is 2.29. The number of carbonyl (C=O) groups is 1. The lowest BCUT2D eigenvalue weighted by Gasteiger charge is -2.13. The molecule has 3 rings (SSSR count). The van der Waals surface area contributed by atoms with E-state index in [0.717, 1.165) is 18.4 Å². The number of sulfonamides is 1. The molecule has 9 heteroatoms. The van der Waals surface area contributed by atoms with Crippen LogP contribution >= 0.6 is 0 Å². The Kier molecular flexibility index (Phi) is 7.32. The molecular weight excluding hydrogens is 430 g/mol. The van der Waals surface area contributed by atoms with Crippen molar-refractivity contribution in [3.05, 3.63) is 53.6 Å². The predicted octanol–water partition coefficient (Wildman–Crippen LogP) is 3.72. The highest BCUT2D eigenvalue weighted by atomic mass is 32.2. The summed E-state index contributed by atoms with van der Waals surface area (Å²) >= 11 is 0. The molecule has 0 fully saturated rings. The Hall–Kier alpha value is -3.17. The Bertz CT molecular complexity index is 1150. The summed E-state index contributed by atoms with van der Waals surface area (Å²) in [6.07, 6.45) is 3.74. The Morgan fingerprint density at radius 3 is 2.41 bits per heavy atom. The molecule has 0 bridgehead atoms. The minimum absolute atomic E-state index is 0.0333. The maximum Gasteiger partial charge on any atom is 0.280 e. The van der Waals surface area contributed by atoms with Crippen molar-refractivity contribution in [1.29, 1.82) is 0 Å². The standard InChI is InChI=1S/C23H27N3O5S/c1-4-6-13-31-21-12-7-17(15-22(21)30-5-2)14-20-16(3)25-26(23(20)27)18-8-10-19(11-9-18)32(24,28)29/h7-12,14-15H,4-6,13H2,1-3H3,(H2,24,28,29)/b20-14-. The Morgan fingerprint density at radius 1 is 1.06 bits per heavy atom. The van der Waals surface area contributed by atoms with Crippen LogP contribution in [0.3, 0.4) is 0 Å². The summed E-state index contributed by atoms with van der Waals surface area (Å²) in [7, 11) is -3.81. The predicted molar refractivity (Wildman–Crippen MR) is 124 cm³/mol. The summed E-state index contributed by atoms with van der Waals surface area (Å²) < 4.78 is 34.4. The lowest BCUT2D eigenvalue weighted by Crippen LogP contribution is -2.21. The van der Waals surface area contributed by atoms with Gasteiger partial charge in [0.15, 0.2) is 11.5 Å². The summed E-state index contributed by atoms with van der Waals surface area (Å²) in [5.74, 6) is 0.975. The number of rotatable bonds is 9. The molecule has 0 aromatic heterocycles. The first-order chi connectivity index (χ1) is 15.2.